The van der Waals surface area contributed by atoms with E-state index >= 15 is 0 Å². The van der Waals surface area contributed by atoms with Crippen LogP contribution >= 0.6 is 0 Å². The Hall–Kier alpha value is -0.440. The molecule has 0 aliphatic heterocycles. The zero-order valence-electron chi connectivity index (χ0n) is 8.34. The Labute approximate surface area is 76.7 Å². The number of hydrogen-bond acceptors (Lipinski definition) is 0. The van der Waals surface area contributed by atoms with Gasteiger partial charge < -0.3 is 0 Å². The predicted molar refractivity (Wildman–Crippen MR) is 53.7 cm³/mol. The first kappa shape index (κ1) is 9.65. The summed E-state index contributed by atoms with van der Waals surface area (Å²) < 4.78 is 0. The van der Waals surface area contributed by atoms with E-state index < -0.39 is 0 Å². The fourth-order valence-electron chi connectivity index (χ4n) is 2.23. The Morgan fingerprint density at radius 1 is 1.25 bits per heavy atom. The lowest BCUT2D eigenvalue weighted by Crippen LogP contribution is -2.18. The van der Waals surface area contributed by atoms with Crippen molar-refractivity contribution < 1.29 is 0 Å². The minimum atomic E-state index is 0.838. The molecule has 0 aromatic carbocycles. The van der Waals surface area contributed by atoms with Crippen LogP contribution in [-0.4, -0.2) is 0 Å². The smallest absolute Gasteiger partial charge is 0.0114 e. The molecular formula is C12H20. The van der Waals surface area contributed by atoms with Crippen molar-refractivity contribution in [2.75, 3.05) is 0 Å². The van der Waals surface area contributed by atoms with Crippen LogP contribution in [0, 0.1) is 30.1 Å². The second-order valence-corrected chi connectivity index (χ2v) is 4.43. The van der Waals surface area contributed by atoms with Crippen LogP contribution in [0.4, 0.5) is 0 Å². The van der Waals surface area contributed by atoms with E-state index in [1.54, 1.807) is 0 Å². The van der Waals surface area contributed by atoms with Gasteiger partial charge in [-0.1, -0.05) is 13.8 Å². The first-order valence-corrected chi connectivity index (χ1v) is 5.17. The molecule has 0 N–H and O–H groups in total. The lowest BCUT2D eigenvalue weighted by molar-refractivity contribution is 0.226. The maximum atomic E-state index is 5.30. The quantitative estimate of drug-likeness (QED) is 0.548. The molecule has 1 aliphatic carbocycles. The van der Waals surface area contributed by atoms with E-state index in [1.807, 2.05) is 0 Å². The van der Waals surface area contributed by atoms with Crippen molar-refractivity contribution in [3.8, 4) is 12.3 Å². The second-order valence-electron chi connectivity index (χ2n) is 4.43. The van der Waals surface area contributed by atoms with Gasteiger partial charge in [0.1, 0.15) is 0 Å². The molecule has 12 heavy (non-hydrogen) atoms. The molecule has 1 saturated carbocycles. The van der Waals surface area contributed by atoms with Gasteiger partial charge in [-0.15, -0.1) is 12.3 Å². The number of rotatable bonds is 2. The molecule has 0 unspecified atom stereocenters. The summed E-state index contributed by atoms with van der Waals surface area (Å²) in [6, 6.07) is 0. The highest BCUT2D eigenvalue weighted by Gasteiger charge is 2.22. The van der Waals surface area contributed by atoms with Gasteiger partial charge in [-0.05, 0) is 43.4 Å². The molecule has 0 atom stereocenters. The first-order chi connectivity index (χ1) is 5.74. The van der Waals surface area contributed by atoms with E-state index in [4.69, 9.17) is 6.42 Å². The van der Waals surface area contributed by atoms with Crippen LogP contribution in [0.5, 0.6) is 0 Å². The van der Waals surface area contributed by atoms with Crippen molar-refractivity contribution in [1.82, 2.24) is 0 Å². The lowest BCUT2D eigenvalue weighted by atomic mass is 9.76. The maximum Gasteiger partial charge on any atom is 0.0114 e. The molecule has 0 saturated heterocycles. The van der Waals surface area contributed by atoms with Crippen LogP contribution in [0.3, 0.4) is 0 Å². The van der Waals surface area contributed by atoms with Crippen molar-refractivity contribution in [3.63, 3.8) is 0 Å². The Kier molecular flexibility index (Phi) is 3.66. The molecular weight excluding hydrogens is 144 g/mol. The number of terminal acetylenes is 1. The molecule has 1 rings (SSSR count). The van der Waals surface area contributed by atoms with Crippen molar-refractivity contribution >= 4 is 0 Å². The average molecular weight is 164 g/mol. The van der Waals surface area contributed by atoms with Crippen LogP contribution in [-0.2, 0) is 0 Å². The fraction of sp³-hybridized carbons (Fsp3) is 0.833. The van der Waals surface area contributed by atoms with Gasteiger partial charge in [-0.3, -0.25) is 0 Å². The summed E-state index contributed by atoms with van der Waals surface area (Å²) >= 11 is 0. The summed E-state index contributed by atoms with van der Waals surface area (Å²) in [6.07, 6.45) is 11.9. The predicted octanol–water partition coefficient (Wildman–Crippen LogP) is 3.47. The summed E-state index contributed by atoms with van der Waals surface area (Å²) in [5.41, 5.74) is 0. The molecule has 0 nitrogen and oxygen atoms in total. The normalized spacial score (nSPS) is 30.2. The molecule has 1 aliphatic rings. The molecule has 0 aromatic rings. The molecule has 0 heteroatoms. The van der Waals surface area contributed by atoms with Crippen LogP contribution in [0.25, 0.3) is 0 Å². The Balaban J connectivity index is 2.26. The van der Waals surface area contributed by atoms with Gasteiger partial charge in [-0.25, -0.2) is 0 Å². The minimum Gasteiger partial charge on any atom is -0.120 e. The molecule has 0 amide bonds. The monoisotopic (exact) mass is 164 g/mol. The van der Waals surface area contributed by atoms with Crippen molar-refractivity contribution in [3.05, 3.63) is 0 Å². The van der Waals surface area contributed by atoms with E-state index in [0.29, 0.717) is 0 Å². The van der Waals surface area contributed by atoms with Crippen LogP contribution in [0.2, 0.25) is 0 Å². The molecule has 1 fully saturated rings. The van der Waals surface area contributed by atoms with Crippen molar-refractivity contribution in [2.45, 2.75) is 46.0 Å². The van der Waals surface area contributed by atoms with E-state index in [1.165, 1.54) is 25.7 Å². The van der Waals surface area contributed by atoms with Gasteiger partial charge in [-0.2, -0.15) is 0 Å². The third-order valence-corrected chi connectivity index (χ3v) is 3.24. The van der Waals surface area contributed by atoms with Gasteiger partial charge in [0.15, 0.2) is 0 Å². The van der Waals surface area contributed by atoms with Gasteiger partial charge in [0, 0.05) is 6.42 Å². The standard InChI is InChI=1S/C12H20/c1-4-5-11-6-8-12(9-7-11)10(2)3/h1,10-12H,5-9H2,2-3H3. The third kappa shape index (κ3) is 2.55. The van der Waals surface area contributed by atoms with E-state index in [2.05, 4.69) is 19.8 Å². The average Bonchev–Trinajstić information content (AvgIpc) is 2.06. The summed E-state index contributed by atoms with van der Waals surface area (Å²) in [5, 5.41) is 0. The Morgan fingerprint density at radius 2 is 1.83 bits per heavy atom. The minimum absolute atomic E-state index is 0.838. The maximum absolute atomic E-state index is 5.30. The zero-order valence-corrected chi connectivity index (χ0v) is 8.34. The van der Waals surface area contributed by atoms with Gasteiger partial charge >= 0.3 is 0 Å². The molecule has 68 valence electrons. The summed E-state index contributed by atoms with van der Waals surface area (Å²) in [7, 11) is 0. The van der Waals surface area contributed by atoms with Crippen LogP contribution in [0.15, 0.2) is 0 Å². The Bertz CT molecular complexity index is 153. The summed E-state index contributed by atoms with van der Waals surface area (Å²) in [5.74, 6) is 5.46. The van der Waals surface area contributed by atoms with Gasteiger partial charge in [0.2, 0.25) is 0 Å². The highest BCUT2D eigenvalue weighted by molar-refractivity contribution is 4.88. The molecule has 0 spiro atoms. The lowest BCUT2D eigenvalue weighted by Gasteiger charge is -2.29. The Morgan fingerprint density at radius 3 is 2.25 bits per heavy atom. The summed E-state index contributed by atoms with van der Waals surface area (Å²) in [4.78, 5) is 0. The molecule has 0 aromatic heterocycles. The molecule has 0 heterocycles. The van der Waals surface area contributed by atoms with Crippen molar-refractivity contribution in [1.29, 1.82) is 0 Å². The third-order valence-electron chi connectivity index (χ3n) is 3.24. The highest BCUT2D eigenvalue weighted by Crippen LogP contribution is 2.34. The zero-order chi connectivity index (χ0) is 8.97. The fourth-order valence-corrected chi connectivity index (χ4v) is 2.23. The van der Waals surface area contributed by atoms with Gasteiger partial charge in [0.05, 0.1) is 0 Å². The topological polar surface area (TPSA) is 0 Å². The second kappa shape index (κ2) is 4.55. The largest absolute Gasteiger partial charge is 0.120 e. The van der Waals surface area contributed by atoms with E-state index in [0.717, 1.165) is 24.2 Å². The van der Waals surface area contributed by atoms with Crippen LogP contribution in [0.1, 0.15) is 46.0 Å². The van der Waals surface area contributed by atoms with Gasteiger partial charge in [0.25, 0.3) is 0 Å². The SMILES string of the molecule is C#CCC1CCC(C(C)C)CC1. The molecule has 0 radical (unpaired) electrons. The summed E-state index contributed by atoms with van der Waals surface area (Å²) in [6.45, 7) is 4.68. The van der Waals surface area contributed by atoms with E-state index in [9.17, 15) is 0 Å². The first-order valence-electron chi connectivity index (χ1n) is 5.17. The number of hydrogen-bond donors (Lipinski definition) is 0. The van der Waals surface area contributed by atoms with E-state index in [-0.39, 0.29) is 0 Å². The van der Waals surface area contributed by atoms with Crippen molar-refractivity contribution in [2.24, 2.45) is 17.8 Å². The highest BCUT2D eigenvalue weighted by atomic mass is 14.3. The molecule has 0 bridgehead atoms. The van der Waals surface area contributed by atoms with Crippen LogP contribution < -0.4 is 0 Å².